The molecule has 0 aromatic rings. The zero-order chi connectivity index (χ0) is 11.5. The minimum atomic E-state index is -0.147. The van der Waals surface area contributed by atoms with Crippen molar-refractivity contribution in [2.24, 2.45) is 10.4 Å². The van der Waals surface area contributed by atoms with Crippen LogP contribution in [0.1, 0.15) is 33.6 Å². The third-order valence-corrected chi connectivity index (χ3v) is 3.42. The molecule has 0 fully saturated rings. The van der Waals surface area contributed by atoms with Gasteiger partial charge >= 0.3 is 0 Å². The van der Waals surface area contributed by atoms with Crippen LogP contribution < -0.4 is 5.32 Å². The molecule has 0 bridgehead atoms. The zero-order valence-corrected chi connectivity index (χ0v) is 10.1. The van der Waals surface area contributed by atoms with Crippen LogP contribution in [0.2, 0.25) is 0 Å². The van der Waals surface area contributed by atoms with Crippen LogP contribution in [0.5, 0.6) is 0 Å². The first-order chi connectivity index (χ1) is 7.06. The molecule has 0 spiro atoms. The molecular weight excluding hydrogens is 186 g/mol. The van der Waals surface area contributed by atoms with Crippen LogP contribution >= 0.6 is 0 Å². The van der Waals surface area contributed by atoms with E-state index in [2.05, 4.69) is 24.2 Å². The Morgan fingerprint density at radius 1 is 1.73 bits per heavy atom. The molecule has 2 N–H and O–H groups in total. The van der Waals surface area contributed by atoms with Gasteiger partial charge in [0.2, 0.25) is 0 Å². The Morgan fingerprint density at radius 2 is 2.40 bits per heavy atom. The number of likely N-dealkylation sites (N-methyl/N-ethyl adjacent to an activating group) is 1. The Bertz CT molecular complexity index is 300. The predicted octanol–water partition coefficient (Wildman–Crippen LogP) is 2.39. The number of aliphatic imine (C=N–C) groups is 1. The zero-order valence-electron chi connectivity index (χ0n) is 10.1. The van der Waals surface area contributed by atoms with Gasteiger partial charge in [-0.1, -0.05) is 13.8 Å². The number of nitrogens with zero attached hydrogens (tertiary/aromatic N) is 1. The molecule has 2 atom stereocenters. The van der Waals surface area contributed by atoms with Crippen molar-refractivity contribution in [3.63, 3.8) is 0 Å². The molecule has 2 unspecified atom stereocenters. The Balaban J connectivity index is 3.05. The number of nitrogens with one attached hydrogen (secondary N) is 2. The van der Waals surface area contributed by atoms with Crippen molar-refractivity contribution in [3.8, 4) is 0 Å². The van der Waals surface area contributed by atoms with Crippen LogP contribution in [-0.2, 0) is 0 Å². The fraction of sp³-hybridized carbons (Fsp3) is 0.667. The summed E-state index contributed by atoms with van der Waals surface area (Å²) in [6.07, 6.45) is 5.70. The van der Waals surface area contributed by atoms with Crippen molar-refractivity contribution >= 4 is 11.9 Å². The van der Waals surface area contributed by atoms with Crippen LogP contribution in [0.25, 0.3) is 0 Å². The molecule has 1 aliphatic heterocycles. The quantitative estimate of drug-likeness (QED) is 0.683. The highest BCUT2D eigenvalue weighted by Gasteiger charge is 2.35. The maximum atomic E-state index is 7.93. The number of hydrogen-bond acceptors (Lipinski definition) is 3. The molecule has 1 heterocycles. The lowest BCUT2D eigenvalue weighted by Gasteiger charge is -2.36. The first kappa shape index (κ1) is 12.1. The summed E-state index contributed by atoms with van der Waals surface area (Å²) in [6, 6.07) is 0.327. The fourth-order valence-electron chi connectivity index (χ4n) is 2.05. The minimum Gasteiger partial charge on any atom is -0.313 e. The lowest BCUT2D eigenvalue weighted by atomic mass is 9.72. The van der Waals surface area contributed by atoms with E-state index in [9.17, 15) is 0 Å². The molecule has 1 aliphatic rings. The van der Waals surface area contributed by atoms with E-state index in [-0.39, 0.29) is 5.41 Å². The van der Waals surface area contributed by atoms with E-state index in [1.54, 1.807) is 0 Å². The minimum absolute atomic E-state index is 0.147. The van der Waals surface area contributed by atoms with Crippen molar-refractivity contribution < 1.29 is 0 Å². The normalized spacial score (nSPS) is 27.3. The van der Waals surface area contributed by atoms with Gasteiger partial charge in [-0.2, -0.15) is 0 Å². The Kier molecular flexibility index (Phi) is 3.80. The summed E-state index contributed by atoms with van der Waals surface area (Å²) in [5.74, 6) is 0. The fourth-order valence-corrected chi connectivity index (χ4v) is 2.05. The molecule has 0 aromatic carbocycles. The maximum absolute atomic E-state index is 7.93. The number of hydrogen-bond donors (Lipinski definition) is 2. The van der Waals surface area contributed by atoms with E-state index >= 15 is 0 Å². The van der Waals surface area contributed by atoms with E-state index in [0.29, 0.717) is 11.8 Å². The lowest BCUT2D eigenvalue weighted by Crippen LogP contribution is -2.40. The van der Waals surface area contributed by atoms with Gasteiger partial charge in [0.05, 0.1) is 0 Å². The van der Waals surface area contributed by atoms with Gasteiger partial charge in [0, 0.05) is 29.6 Å². The monoisotopic (exact) mass is 207 g/mol. The summed E-state index contributed by atoms with van der Waals surface area (Å²) >= 11 is 0. The topological polar surface area (TPSA) is 48.2 Å². The summed E-state index contributed by atoms with van der Waals surface area (Å²) in [5.41, 5.74) is 1.81. The van der Waals surface area contributed by atoms with Gasteiger partial charge in [-0.25, -0.2) is 0 Å². The molecule has 0 saturated heterocycles. The first-order valence-corrected chi connectivity index (χ1v) is 5.51. The molecule has 0 amide bonds. The van der Waals surface area contributed by atoms with Crippen LogP contribution in [0.15, 0.2) is 16.8 Å². The maximum Gasteiger partial charge on any atom is 0.0340 e. The van der Waals surface area contributed by atoms with Gasteiger partial charge in [-0.15, -0.1) is 0 Å². The van der Waals surface area contributed by atoms with Crippen molar-refractivity contribution in [2.45, 2.75) is 39.7 Å². The molecule has 0 aromatic heterocycles. The molecule has 0 aliphatic carbocycles. The summed E-state index contributed by atoms with van der Waals surface area (Å²) < 4.78 is 0. The van der Waals surface area contributed by atoms with Gasteiger partial charge in [0.25, 0.3) is 0 Å². The van der Waals surface area contributed by atoms with E-state index < -0.39 is 0 Å². The second kappa shape index (κ2) is 4.71. The van der Waals surface area contributed by atoms with Crippen LogP contribution in [0.4, 0.5) is 0 Å². The van der Waals surface area contributed by atoms with Gasteiger partial charge in [-0.3, -0.25) is 4.99 Å². The van der Waals surface area contributed by atoms with E-state index in [1.807, 2.05) is 26.4 Å². The highest BCUT2D eigenvalue weighted by atomic mass is 14.9. The third-order valence-electron chi connectivity index (χ3n) is 3.42. The SMILES string of the molecule is CCC(NC)C1=CN=CCC1(C)C(C)=N. The predicted molar refractivity (Wildman–Crippen MR) is 65.8 cm³/mol. The van der Waals surface area contributed by atoms with E-state index in [4.69, 9.17) is 5.41 Å². The molecule has 0 radical (unpaired) electrons. The summed E-state index contributed by atoms with van der Waals surface area (Å²) in [6.45, 7) is 6.17. The first-order valence-electron chi connectivity index (χ1n) is 5.51. The molecule has 3 nitrogen and oxygen atoms in total. The van der Waals surface area contributed by atoms with Gasteiger partial charge in [-0.05, 0) is 32.4 Å². The second-order valence-electron chi connectivity index (χ2n) is 4.33. The summed E-state index contributed by atoms with van der Waals surface area (Å²) in [7, 11) is 1.97. The smallest absolute Gasteiger partial charge is 0.0340 e. The Morgan fingerprint density at radius 3 is 2.87 bits per heavy atom. The van der Waals surface area contributed by atoms with Crippen molar-refractivity contribution in [1.29, 1.82) is 5.41 Å². The van der Waals surface area contributed by atoms with Crippen LogP contribution in [-0.4, -0.2) is 25.0 Å². The highest BCUT2D eigenvalue weighted by molar-refractivity contribution is 5.91. The average molecular weight is 207 g/mol. The molecule has 15 heavy (non-hydrogen) atoms. The van der Waals surface area contributed by atoms with E-state index in [0.717, 1.165) is 12.8 Å². The standard InChI is InChI=1S/C12H21N3/c1-5-11(14-4)10-8-15-7-6-12(10,3)9(2)13/h7-8,11,13-14H,5-6H2,1-4H3. The molecular formula is C12H21N3. The Labute approximate surface area is 92.2 Å². The van der Waals surface area contributed by atoms with Crippen molar-refractivity contribution in [3.05, 3.63) is 11.8 Å². The molecule has 84 valence electrons. The molecule has 1 rings (SSSR count). The van der Waals surface area contributed by atoms with Crippen molar-refractivity contribution in [2.75, 3.05) is 7.05 Å². The average Bonchev–Trinajstić information content (AvgIpc) is 2.22. The van der Waals surface area contributed by atoms with Crippen LogP contribution in [0.3, 0.4) is 0 Å². The van der Waals surface area contributed by atoms with Gasteiger partial charge in [0.15, 0.2) is 0 Å². The van der Waals surface area contributed by atoms with E-state index in [1.165, 1.54) is 5.57 Å². The van der Waals surface area contributed by atoms with Gasteiger partial charge in [0.1, 0.15) is 0 Å². The lowest BCUT2D eigenvalue weighted by molar-refractivity contribution is 0.474. The summed E-state index contributed by atoms with van der Waals surface area (Å²) in [4.78, 5) is 4.23. The molecule has 3 heteroatoms. The number of rotatable bonds is 4. The third kappa shape index (κ3) is 2.17. The van der Waals surface area contributed by atoms with Gasteiger partial charge < -0.3 is 10.7 Å². The highest BCUT2D eigenvalue weighted by Crippen LogP contribution is 2.36. The largest absolute Gasteiger partial charge is 0.313 e. The second-order valence-corrected chi connectivity index (χ2v) is 4.33. The molecule has 0 saturated carbocycles. The van der Waals surface area contributed by atoms with Crippen LogP contribution in [0, 0.1) is 10.8 Å². The van der Waals surface area contributed by atoms with Crippen molar-refractivity contribution in [1.82, 2.24) is 5.32 Å². The summed E-state index contributed by atoms with van der Waals surface area (Å²) in [5, 5.41) is 11.2. The Hall–Kier alpha value is -0.960.